The molecule has 0 aliphatic rings. The van der Waals surface area contributed by atoms with Crippen molar-refractivity contribution in [3.63, 3.8) is 0 Å². The fourth-order valence-electron chi connectivity index (χ4n) is 0.854. The predicted molar refractivity (Wildman–Crippen MR) is 51.7 cm³/mol. The van der Waals surface area contributed by atoms with E-state index in [4.69, 9.17) is 16.3 Å². The van der Waals surface area contributed by atoms with Gasteiger partial charge in [-0.1, -0.05) is 18.5 Å². The summed E-state index contributed by atoms with van der Waals surface area (Å²) in [5.74, 6) is -0.0237. The zero-order valence-corrected chi connectivity index (χ0v) is 8.32. The van der Waals surface area contributed by atoms with Crippen LogP contribution in [-0.4, -0.2) is 16.5 Å². The van der Waals surface area contributed by atoms with E-state index in [1.54, 1.807) is 0 Å². The molecule has 0 radical (unpaired) electrons. The molecule has 76 valence electrons. The Bertz CT molecular complexity index is 343. The van der Waals surface area contributed by atoms with Gasteiger partial charge in [0.15, 0.2) is 0 Å². The highest BCUT2D eigenvalue weighted by atomic mass is 35.5. The number of rotatable bonds is 4. The summed E-state index contributed by atoms with van der Waals surface area (Å²) in [6.07, 6.45) is 0.755. The van der Waals surface area contributed by atoms with Crippen molar-refractivity contribution in [2.45, 2.75) is 13.3 Å². The Morgan fingerprint density at radius 3 is 2.93 bits per heavy atom. The van der Waals surface area contributed by atoms with Gasteiger partial charge >= 0.3 is 5.69 Å². The largest absolute Gasteiger partial charge is 0.473 e. The maximum absolute atomic E-state index is 10.5. The molecule has 0 aromatic carbocycles. The molecule has 0 fully saturated rings. The quantitative estimate of drug-likeness (QED) is 0.441. The van der Waals surface area contributed by atoms with E-state index in [9.17, 15) is 10.1 Å². The SMILES string of the molecule is CCCOc1nc(Cl)ccc1[N+](=O)[O-]. The molecule has 1 heterocycles. The molecular weight excluding hydrogens is 208 g/mol. The Kier molecular flexibility index (Phi) is 3.64. The summed E-state index contributed by atoms with van der Waals surface area (Å²) in [6, 6.07) is 2.64. The van der Waals surface area contributed by atoms with Gasteiger partial charge in [0.1, 0.15) is 5.15 Å². The van der Waals surface area contributed by atoms with Gasteiger partial charge in [-0.3, -0.25) is 10.1 Å². The van der Waals surface area contributed by atoms with Gasteiger partial charge in [-0.15, -0.1) is 0 Å². The van der Waals surface area contributed by atoms with Gasteiger partial charge in [-0.2, -0.15) is 4.98 Å². The first-order valence-electron chi connectivity index (χ1n) is 4.09. The predicted octanol–water partition coefficient (Wildman–Crippen LogP) is 2.43. The summed E-state index contributed by atoms with van der Waals surface area (Å²) in [5.41, 5.74) is -0.164. The molecular formula is C8H9ClN2O3. The van der Waals surface area contributed by atoms with Crippen molar-refractivity contribution in [3.8, 4) is 5.88 Å². The highest BCUT2D eigenvalue weighted by Crippen LogP contribution is 2.26. The number of halogens is 1. The van der Waals surface area contributed by atoms with E-state index < -0.39 is 4.92 Å². The van der Waals surface area contributed by atoms with E-state index in [1.807, 2.05) is 6.92 Å². The Morgan fingerprint density at radius 1 is 1.64 bits per heavy atom. The number of pyridine rings is 1. The number of hydrogen-bond donors (Lipinski definition) is 0. The molecule has 14 heavy (non-hydrogen) atoms. The third-order valence-corrected chi connectivity index (χ3v) is 1.66. The smallest absolute Gasteiger partial charge is 0.331 e. The molecule has 0 N–H and O–H groups in total. The van der Waals surface area contributed by atoms with E-state index in [1.165, 1.54) is 12.1 Å². The molecule has 1 aromatic rings. The van der Waals surface area contributed by atoms with Gasteiger partial charge < -0.3 is 4.74 Å². The normalized spacial score (nSPS) is 9.86. The minimum absolute atomic E-state index is 0.0237. The van der Waals surface area contributed by atoms with Crippen LogP contribution in [0, 0.1) is 10.1 Å². The third kappa shape index (κ3) is 2.56. The summed E-state index contributed by atoms with van der Waals surface area (Å²) >= 11 is 5.59. The van der Waals surface area contributed by atoms with Crippen LogP contribution in [0.5, 0.6) is 5.88 Å². The van der Waals surface area contributed by atoms with E-state index in [0.717, 1.165) is 6.42 Å². The second-order valence-electron chi connectivity index (χ2n) is 2.56. The Balaban J connectivity index is 2.97. The van der Waals surface area contributed by atoms with Gasteiger partial charge in [0.2, 0.25) is 0 Å². The summed E-state index contributed by atoms with van der Waals surface area (Å²) in [5, 5.41) is 10.7. The average Bonchev–Trinajstić information content (AvgIpc) is 2.14. The number of hydrogen-bond acceptors (Lipinski definition) is 4. The van der Waals surface area contributed by atoms with E-state index in [2.05, 4.69) is 4.98 Å². The van der Waals surface area contributed by atoms with E-state index in [0.29, 0.717) is 6.61 Å². The maximum Gasteiger partial charge on any atom is 0.331 e. The van der Waals surface area contributed by atoms with Crippen molar-refractivity contribution in [1.29, 1.82) is 0 Å². The topological polar surface area (TPSA) is 65.3 Å². The fraction of sp³-hybridized carbons (Fsp3) is 0.375. The second-order valence-corrected chi connectivity index (χ2v) is 2.95. The van der Waals surface area contributed by atoms with Crippen LogP contribution < -0.4 is 4.74 Å². The maximum atomic E-state index is 10.5. The molecule has 5 nitrogen and oxygen atoms in total. The number of ether oxygens (including phenoxy) is 1. The van der Waals surface area contributed by atoms with Crippen LogP contribution >= 0.6 is 11.6 Å². The van der Waals surface area contributed by atoms with E-state index in [-0.39, 0.29) is 16.7 Å². The zero-order valence-electron chi connectivity index (χ0n) is 7.57. The molecule has 0 aliphatic heterocycles. The minimum Gasteiger partial charge on any atom is -0.473 e. The minimum atomic E-state index is -0.547. The fourth-order valence-corrected chi connectivity index (χ4v) is 0.994. The molecule has 0 bridgehead atoms. The first kappa shape index (κ1) is 10.7. The van der Waals surface area contributed by atoms with Crippen molar-refractivity contribution < 1.29 is 9.66 Å². The van der Waals surface area contributed by atoms with Crippen LogP contribution in [0.4, 0.5) is 5.69 Å². The van der Waals surface area contributed by atoms with Crippen LogP contribution in [0.25, 0.3) is 0 Å². The second kappa shape index (κ2) is 4.76. The summed E-state index contributed by atoms with van der Waals surface area (Å²) in [6.45, 7) is 2.28. The van der Waals surface area contributed by atoms with Gasteiger partial charge in [-0.05, 0) is 12.5 Å². The number of aromatic nitrogens is 1. The molecule has 1 aromatic heterocycles. The molecule has 0 saturated heterocycles. The lowest BCUT2D eigenvalue weighted by Gasteiger charge is -2.03. The number of nitrogens with zero attached hydrogens (tertiary/aromatic N) is 2. The molecule has 0 aliphatic carbocycles. The van der Waals surface area contributed by atoms with Gasteiger partial charge in [0.25, 0.3) is 5.88 Å². The van der Waals surface area contributed by atoms with Crippen LogP contribution in [0.3, 0.4) is 0 Å². The first-order chi connectivity index (χ1) is 6.65. The van der Waals surface area contributed by atoms with Gasteiger partial charge in [0.05, 0.1) is 11.5 Å². The van der Waals surface area contributed by atoms with Crippen molar-refractivity contribution in [1.82, 2.24) is 4.98 Å². The molecule has 0 amide bonds. The lowest BCUT2D eigenvalue weighted by Crippen LogP contribution is -2.01. The highest BCUT2D eigenvalue weighted by Gasteiger charge is 2.16. The molecule has 0 spiro atoms. The number of nitro groups is 1. The van der Waals surface area contributed by atoms with Crippen LogP contribution in [0.15, 0.2) is 12.1 Å². The molecule has 0 saturated carbocycles. The van der Waals surface area contributed by atoms with Crippen LogP contribution in [-0.2, 0) is 0 Å². The summed E-state index contributed by atoms with van der Waals surface area (Å²) in [7, 11) is 0. The van der Waals surface area contributed by atoms with Crippen molar-refractivity contribution in [2.75, 3.05) is 6.61 Å². The standard InChI is InChI=1S/C8H9ClN2O3/c1-2-5-14-8-6(11(12)13)3-4-7(9)10-8/h3-4H,2,5H2,1H3. The van der Waals surface area contributed by atoms with Gasteiger partial charge in [0, 0.05) is 6.07 Å². The van der Waals surface area contributed by atoms with Gasteiger partial charge in [-0.25, -0.2) is 0 Å². The molecule has 6 heteroatoms. The Hall–Kier alpha value is -1.36. The van der Waals surface area contributed by atoms with E-state index >= 15 is 0 Å². The van der Waals surface area contributed by atoms with Crippen molar-refractivity contribution >= 4 is 17.3 Å². The summed E-state index contributed by atoms with van der Waals surface area (Å²) < 4.78 is 5.09. The molecule has 1 rings (SSSR count). The zero-order chi connectivity index (χ0) is 10.6. The monoisotopic (exact) mass is 216 g/mol. The van der Waals surface area contributed by atoms with Crippen molar-refractivity contribution in [3.05, 3.63) is 27.4 Å². The highest BCUT2D eigenvalue weighted by molar-refractivity contribution is 6.29. The first-order valence-corrected chi connectivity index (χ1v) is 4.46. The molecule has 0 unspecified atom stereocenters. The Morgan fingerprint density at radius 2 is 2.36 bits per heavy atom. The van der Waals surface area contributed by atoms with Crippen LogP contribution in [0.1, 0.15) is 13.3 Å². The molecule has 0 atom stereocenters. The summed E-state index contributed by atoms with van der Waals surface area (Å²) in [4.78, 5) is 13.7. The lowest BCUT2D eigenvalue weighted by molar-refractivity contribution is -0.386. The van der Waals surface area contributed by atoms with Crippen molar-refractivity contribution in [2.24, 2.45) is 0 Å². The van der Waals surface area contributed by atoms with Crippen LogP contribution in [0.2, 0.25) is 5.15 Å². The Labute approximate surface area is 85.8 Å². The average molecular weight is 217 g/mol. The lowest BCUT2D eigenvalue weighted by atomic mass is 10.4. The third-order valence-electron chi connectivity index (χ3n) is 1.45.